The van der Waals surface area contributed by atoms with Gasteiger partial charge in [-0.05, 0) is 43.2 Å². The van der Waals surface area contributed by atoms with Gasteiger partial charge in [-0.3, -0.25) is 4.31 Å². The van der Waals surface area contributed by atoms with Gasteiger partial charge in [-0.15, -0.1) is 11.3 Å². The molecule has 1 aromatic heterocycles. The fraction of sp³-hybridized carbons (Fsp3) is 0.211. The Balaban J connectivity index is 1.58. The van der Waals surface area contributed by atoms with E-state index in [1.165, 1.54) is 16.1 Å². The first-order chi connectivity index (χ1) is 12.4. The molecule has 0 bridgehead atoms. The molecule has 7 heteroatoms. The van der Waals surface area contributed by atoms with Crippen LogP contribution in [-0.2, 0) is 16.4 Å². The summed E-state index contributed by atoms with van der Waals surface area (Å²) in [4.78, 5) is 4.67. The third kappa shape index (κ3) is 3.32. The Hall–Kier alpha value is -2.38. The summed E-state index contributed by atoms with van der Waals surface area (Å²) in [6, 6.07) is 14.1. The van der Waals surface area contributed by atoms with Gasteiger partial charge in [0, 0.05) is 23.2 Å². The summed E-state index contributed by atoms with van der Waals surface area (Å²) in [5.41, 5.74) is 5.96. The molecule has 2 aromatic carbocycles. The first kappa shape index (κ1) is 17.1. The van der Waals surface area contributed by atoms with Crippen molar-refractivity contribution in [1.82, 2.24) is 4.98 Å². The van der Waals surface area contributed by atoms with E-state index in [4.69, 9.17) is 0 Å². The maximum absolute atomic E-state index is 11.9. The maximum Gasteiger partial charge on any atom is 0.232 e. The van der Waals surface area contributed by atoms with Crippen LogP contribution in [0.15, 0.2) is 47.8 Å². The van der Waals surface area contributed by atoms with Crippen LogP contribution >= 0.6 is 11.3 Å². The Morgan fingerprint density at radius 1 is 1.15 bits per heavy atom. The molecule has 134 valence electrons. The van der Waals surface area contributed by atoms with Gasteiger partial charge in [-0.2, -0.15) is 0 Å². The van der Waals surface area contributed by atoms with Crippen molar-refractivity contribution in [2.45, 2.75) is 13.3 Å². The second-order valence-corrected chi connectivity index (χ2v) is 9.22. The van der Waals surface area contributed by atoms with Crippen molar-refractivity contribution in [3.8, 4) is 11.3 Å². The average Bonchev–Trinajstić information content (AvgIpc) is 3.22. The predicted molar refractivity (Wildman–Crippen MR) is 108 cm³/mol. The van der Waals surface area contributed by atoms with Crippen LogP contribution in [0.3, 0.4) is 0 Å². The summed E-state index contributed by atoms with van der Waals surface area (Å²) >= 11 is 1.55. The Morgan fingerprint density at radius 2 is 1.92 bits per heavy atom. The van der Waals surface area contributed by atoms with Gasteiger partial charge in [0.25, 0.3) is 0 Å². The molecule has 0 amide bonds. The molecule has 26 heavy (non-hydrogen) atoms. The van der Waals surface area contributed by atoms with E-state index in [0.717, 1.165) is 39.7 Å². The van der Waals surface area contributed by atoms with Gasteiger partial charge >= 0.3 is 0 Å². The van der Waals surface area contributed by atoms with Crippen LogP contribution in [-0.4, -0.2) is 26.2 Å². The number of rotatable bonds is 4. The minimum Gasteiger partial charge on any atom is -0.332 e. The molecule has 2 heterocycles. The lowest BCUT2D eigenvalue weighted by atomic mass is 10.1. The smallest absolute Gasteiger partial charge is 0.232 e. The molecular formula is C19H19N3O2S2. The highest BCUT2D eigenvalue weighted by Crippen LogP contribution is 2.35. The van der Waals surface area contributed by atoms with Crippen LogP contribution in [0.5, 0.6) is 0 Å². The lowest BCUT2D eigenvalue weighted by Gasteiger charge is -2.16. The van der Waals surface area contributed by atoms with Crippen molar-refractivity contribution in [2.24, 2.45) is 0 Å². The second kappa shape index (κ2) is 6.41. The molecular weight excluding hydrogens is 366 g/mol. The van der Waals surface area contributed by atoms with E-state index in [1.54, 1.807) is 11.3 Å². The number of aromatic nitrogens is 1. The predicted octanol–water partition coefficient (Wildman–Crippen LogP) is 4.18. The summed E-state index contributed by atoms with van der Waals surface area (Å²) in [5.74, 6) is 0. The van der Waals surface area contributed by atoms with Crippen LogP contribution in [0.1, 0.15) is 11.1 Å². The molecule has 0 radical (unpaired) electrons. The van der Waals surface area contributed by atoms with Gasteiger partial charge in [-0.25, -0.2) is 13.4 Å². The molecule has 4 rings (SSSR count). The highest BCUT2D eigenvalue weighted by molar-refractivity contribution is 7.92. The quantitative estimate of drug-likeness (QED) is 0.732. The SMILES string of the molecule is Cc1ccc(Nc2nc(-c3ccc4c(c3)CCN4S(C)(=O)=O)cs2)cc1. The van der Waals surface area contributed by atoms with E-state index in [2.05, 4.69) is 29.4 Å². The van der Waals surface area contributed by atoms with E-state index in [9.17, 15) is 8.42 Å². The number of hydrogen-bond donors (Lipinski definition) is 1. The van der Waals surface area contributed by atoms with Crippen molar-refractivity contribution in [3.63, 3.8) is 0 Å². The van der Waals surface area contributed by atoms with Crippen molar-refractivity contribution >= 4 is 37.9 Å². The Bertz CT molecular complexity index is 1060. The molecule has 1 N–H and O–H groups in total. The van der Waals surface area contributed by atoms with Crippen LogP contribution in [0.25, 0.3) is 11.3 Å². The van der Waals surface area contributed by atoms with E-state index < -0.39 is 10.0 Å². The molecule has 0 saturated heterocycles. The monoisotopic (exact) mass is 385 g/mol. The fourth-order valence-electron chi connectivity index (χ4n) is 3.10. The van der Waals surface area contributed by atoms with Gasteiger partial charge in [0.05, 0.1) is 17.6 Å². The number of thiazole rings is 1. The number of benzene rings is 2. The van der Waals surface area contributed by atoms with Gasteiger partial charge in [-0.1, -0.05) is 23.8 Å². The van der Waals surface area contributed by atoms with Crippen molar-refractivity contribution in [1.29, 1.82) is 0 Å². The highest BCUT2D eigenvalue weighted by Gasteiger charge is 2.26. The standard InChI is InChI=1S/C19H19N3O2S2/c1-13-3-6-16(7-4-13)20-19-21-17(12-25-19)14-5-8-18-15(11-14)9-10-22(18)26(2,23)24/h3-8,11-12H,9-10H2,1-2H3,(H,20,21). The Kier molecular flexibility index (Phi) is 4.20. The number of sulfonamides is 1. The largest absolute Gasteiger partial charge is 0.332 e. The van der Waals surface area contributed by atoms with Crippen LogP contribution in [0, 0.1) is 6.92 Å². The zero-order chi connectivity index (χ0) is 18.3. The molecule has 1 aliphatic rings. The number of nitrogens with zero attached hydrogens (tertiary/aromatic N) is 2. The molecule has 5 nitrogen and oxygen atoms in total. The van der Waals surface area contributed by atoms with E-state index in [0.29, 0.717) is 6.54 Å². The minimum absolute atomic E-state index is 0.509. The topological polar surface area (TPSA) is 62.3 Å². The summed E-state index contributed by atoms with van der Waals surface area (Å²) in [6.45, 7) is 2.57. The van der Waals surface area contributed by atoms with Crippen molar-refractivity contribution in [3.05, 3.63) is 59.0 Å². The Labute approximate surface area is 157 Å². The van der Waals surface area contributed by atoms with Gasteiger partial charge < -0.3 is 5.32 Å². The third-order valence-electron chi connectivity index (χ3n) is 4.44. The van der Waals surface area contributed by atoms with E-state index >= 15 is 0 Å². The zero-order valence-electron chi connectivity index (χ0n) is 14.6. The Morgan fingerprint density at radius 3 is 2.65 bits per heavy atom. The zero-order valence-corrected chi connectivity index (χ0v) is 16.2. The lowest BCUT2D eigenvalue weighted by Crippen LogP contribution is -2.27. The van der Waals surface area contributed by atoms with Crippen LogP contribution in [0.2, 0.25) is 0 Å². The molecule has 0 spiro atoms. The molecule has 0 aliphatic carbocycles. The van der Waals surface area contributed by atoms with Crippen molar-refractivity contribution < 1.29 is 8.42 Å². The number of anilines is 3. The molecule has 3 aromatic rings. The summed E-state index contributed by atoms with van der Waals surface area (Å²) in [6.07, 6.45) is 1.98. The van der Waals surface area contributed by atoms with Gasteiger partial charge in [0.2, 0.25) is 10.0 Å². The molecule has 0 saturated carbocycles. The average molecular weight is 386 g/mol. The normalized spacial score (nSPS) is 13.7. The summed E-state index contributed by atoms with van der Waals surface area (Å²) in [7, 11) is -3.22. The third-order valence-corrected chi connectivity index (χ3v) is 6.37. The number of aryl methyl sites for hydroxylation is 1. The molecule has 0 atom stereocenters. The first-order valence-corrected chi connectivity index (χ1v) is 11.0. The molecule has 0 fully saturated rings. The number of fused-ring (bicyclic) bond motifs is 1. The van der Waals surface area contributed by atoms with Gasteiger partial charge in [0.15, 0.2) is 5.13 Å². The van der Waals surface area contributed by atoms with Crippen molar-refractivity contribution in [2.75, 3.05) is 22.4 Å². The summed E-state index contributed by atoms with van der Waals surface area (Å²) < 4.78 is 25.2. The lowest BCUT2D eigenvalue weighted by molar-refractivity contribution is 0.598. The highest BCUT2D eigenvalue weighted by atomic mass is 32.2. The van der Waals surface area contributed by atoms with Crippen LogP contribution < -0.4 is 9.62 Å². The van der Waals surface area contributed by atoms with Crippen LogP contribution in [0.4, 0.5) is 16.5 Å². The maximum atomic E-state index is 11.9. The van der Waals surface area contributed by atoms with E-state index in [1.807, 2.05) is 35.7 Å². The van der Waals surface area contributed by atoms with Gasteiger partial charge in [0.1, 0.15) is 0 Å². The van der Waals surface area contributed by atoms with E-state index in [-0.39, 0.29) is 0 Å². The molecule has 0 unspecified atom stereocenters. The first-order valence-electron chi connectivity index (χ1n) is 8.30. The number of nitrogens with one attached hydrogen (secondary N) is 1. The number of hydrogen-bond acceptors (Lipinski definition) is 5. The molecule has 1 aliphatic heterocycles. The second-order valence-electron chi connectivity index (χ2n) is 6.46. The summed E-state index contributed by atoms with van der Waals surface area (Å²) in [5, 5.41) is 6.17. The fourth-order valence-corrected chi connectivity index (χ4v) is 4.80. The minimum atomic E-state index is -3.22.